The Morgan fingerprint density at radius 2 is 1.50 bits per heavy atom. The van der Waals surface area contributed by atoms with Crippen LogP contribution < -0.4 is 0 Å². The SMILES string of the molecule is [c]1cccc(-c2cccc(C3C4CC5CC(C4)CC3C5)c2)c1. The molecule has 4 aliphatic carbocycles. The molecule has 0 nitrogen and oxygen atoms in total. The van der Waals surface area contributed by atoms with Crippen LogP contribution in [0.1, 0.15) is 43.6 Å². The summed E-state index contributed by atoms with van der Waals surface area (Å²) in [6, 6.07) is 21.0. The van der Waals surface area contributed by atoms with Crippen LogP contribution in [-0.2, 0) is 0 Å². The van der Waals surface area contributed by atoms with Crippen molar-refractivity contribution in [3.05, 3.63) is 60.2 Å². The summed E-state index contributed by atoms with van der Waals surface area (Å²) in [5.74, 6) is 4.89. The van der Waals surface area contributed by atoms with Crippen molar-refractivity contribution in [1.29, 1.82) is 0 Å². The molecule has 2 aromatic carbocycles. The normalized spacial score (nSPS) is 35.7. The van der Waals surface area contributed by atoms with Crippen molar-refractivity contribution < 1.29 is 0 Å². The van der Waals surface area contributed by atoms with Gasteiger partial charge in [-0.15, -0.1) is 0 Å². The monoisotopic (exact) mass is 287 g/mol. The molecule has 1 radical (unpaired) electrons. The largest absolute Gasteiger partial charge is 0.0614 e. The molecular weight excluding hydrogens is 264 g/mol. The van der Waals surface area contributed by atoms with Crippen LogP contribution >= 0.6 is 0 Å². The van der Waals surface area contributed by atoms with Gasteiger partial charge in [-0.1, -0.05) is 42.5 Å². The molecule has 0 heteroatoms. The predicted molar refractivity (Wildman–Crippen MR) is 90.5 cm³/mol. The van der Waals surface area contributed by atoms with E-state index in [1.807, 2.05) is 6.07 Å². The van der Waals surface area contributed by atoms with Crippen LogP contribution in [0.2, 0.25) is 0 Å². The third-order valence-corrected chi connectivity index (χ3v) is 6.54. The van der Waals surface area contributed by atoms with Crippen LogP contribution in [0.4, 0.5) is 0 Å². The molecule has 4 bridgehead atoms. The fourth-order valence-electron chi connectivity index (χ4n) is 5.97. The molecule has 4 fully saturated rings. The van der Waals surface area contributed by atoms with Crippen LogP contribution in [0.5, 0.6) is 0 Å². The first kappa shape index (κ1) is 12.9. The average molecular weight is 287 g/mol. The van der Waals surface area contributed by atoms with Crippen LogP contribution in [0.15, 0.2) is 48.5 Å². The van der Waals surface area contributed by atoms with E-state index < -0.39 is 0 Å². The van der Waals surface area contributed by atoms with E-state index in [1.165, 1.54) is 36.8 Å². The van der Waals surface area contributed by atoms with Crippen molar-refractivity contribution in [3.63, 3.8) is 0 Å². The third kappa shape index (κ3) is 2.04. The first-order valence-corrected chi connectivity index (χ1v) is 8.93. The second-order valence-electron chi connectivity index (χ2n) is 7.87. The van der Waals surface area contributed by atoms with Gasteiger partial charge in [-0.25, -0.2) is 0 Å². The summed E-state index contributed by atoms with van der Waals surface area (Å²) in [5.41, 5.74) is 4.27. The van der Waals surface area contributed by atoms with Crippen LogP contribution in [0, 0.1) is 29.7 Å². The summed E-state index contributed by atoms with van der Waals surface area (Å²) < 4.78 is 0. The molecule has 111 valence electrons. The molecule has 6 rings (SSSR count). The Balaban J connectivity index is 1.51. The Bertz CT molecular complexity index is 641. The summed E-state index contributed by atoms with van der Waals surface area (Å²) in [6.07, 6.45) is 7.55. The van der Waals surface area contributed by atoms with Crippen molar-refractivity contribution in [3.8, 4) is 11.1 Å². The summed E-state index contributed by atoms with van der Waals surface area (Å²) in [6.45, 7) is 0. The highest BCUT2D eigenvalue weighted by Crippen LogP contribution is 2.59. The van der Waals surface area contributed by atoms with E-state index in [2.05, 4.69) is 48.5 Å². The van der Waals surface area contributed by atoms with Crippen LogP contribution in [0.25, 0.3) is 11.1 Å². The molecule has 0 atom stereocenters. The molecule has 22 heavy (non-hydrogen) atoms. The smallest absolute Gasteiger partial charge is 0.0105 e. The van der Waals surface area contributed by atoms with Crippen LogP contribution in [0.3, 0.4) is 0 Å². The van der Waals surface area contributed by atoms with E-state index in [9.17, 15) is 0 Å². The summed E-state index contributed by atoms with van der Waals surface area (Å²) in [7, 11) is 0. The summed E-state index contributed by atoms with van der Waals surface area (Å²) >= 11 is 0. The molecule has 0 heterocycles. The highest BCUT2D eigenvalue weighted by Gasteiger charge is 2.48. The molecular formula is C22H23. The lowest BCUT2D eigenvalue weighted by atomic mass is 9.50. The lowest BCUT2D eigenvalue weighted by Crippen LogP contribution is -2.43. The topological polar surface area (TPSA) is 0 Å². The van der Waals surface area contributed by atoms with Gasteiger partial charge in [0, 0.05) is 0 Å². The zero-order chi connectivity index (χ0) is 14.5. The fourth-order valence-corrected chi connectivity index (χ4v) is 5.97. The van der Waals surface area contributed by atoms with Crippen molar-refractivity contribution in [1.82, 2.24) is 0 Å². The molecule has 0 N–H and O–H groups in total. The van der Waals surface area contributed by atoms with Gasteiger partial charge in [0.1, 0.15) is 0 Å². The zero-order valence-corrected chi connectivity index (χ0v) is 13.0. The first-order chi connectivity index (χ1) is 10.9. The molecule has 0 saturated heterocycles. The number of benzene rings is 2. The van der Waals surface area contributed by atoms with Gasteiger partial charge < -0.3 is 0 Å². The first-order valence-electron chi connectivity index (χ1n) is 8.93. The molecule has 0 aliphatic heterocycles. The lowest BCUT2D eigenvalue weighted by molar-refractivity contribution is -0.00276. The van der Waals surface area contributed by atoms with Gasteiger partial charge in [0.15, 0.2) is 0 Å². The molecule has 0 unspecified atom stereocenters. The van der Waals surface area contributed by atoms with Gasteiger partial charge in [-0.3, -0.25) is 0 Å². The molecule has 4 saturated carbocycles. The number of rotatable bonds is 2. The van der Waals surface area contributed by atoms with E-state index in [1.54, 1.807) is 12.0 Å². The van der Waals surface area contributed by atoms with Gasteiger partial charge in [0.05, 0.1) is 0 Å². The fraction of sp³-hybridized carbons (Fsp3) is 0.455. The summed E-state index contributed by atoms with van der Waals surface area (Å²) in [5, 5.41) is 0. The van der Waals surface area contributed by atoms with Gasteiger partial charge in [-0.05, 0) is 90.5 Å². The maximum Gasteiger partial charge on any atom is -0.0105 e. The van der Waals surface area contributed by atoms with Gasteiger partial charge in [0.2, 0.25) is 0 Å². The Morgan fingerprint density at radius 1 is 0.773 bits per heavy atom. The third-order valence-electron chi connectivity index (χ3n) is 6.54. The van der Waals surface area contributed by atoms with E-state index in [4.69, 9.17) is 0 Å². The number of hydrogen-bond donors (Lipinski definition) is 0. The van der Waals surface area contributed by atoms with Crippen LogP contribution in [-0.4, -0.2) is 0 Å². The minimum absolute atomic E-state index is 0.834. The van der Waals surface area contributed by atoms with Crippen molar-refractivity contribution in [2.24, 2.45) is 23.7 Å². The molecule has 2 aromatic rings. The maximum atomic E-state index is 3.21. The Morgan fingerprint density at radius 3 is 2.18 bits per heavy atom. The minimum atomic E-state index is 0.834. The van der Waals surface area contributed by atoms with Gasteiger partial charge in [-0.2, -0.15) is 0 Å². The Labute approximate surface area is 133 Å². The van der Waals surface area contributed by atoms with Crippen molar-refractivity contribution >= 4 is 0 Å². The molecule has 0 spiro atoms. The Kier molecular flexibility index (Phi) is 2.93. The molecule has 0 aromatic heterocycles. The summed E-state index contributed by atoms with van der Waals surface area (Å²) in [4.78, 5) is 0. The highest BCUT2D eigenvalue weighted by atomic mass is 14.5. The average Bonchev–Trinajstić information content (AvgIpc) is 2.55. The Hall–Kier alpha value is -1.56. The van der Waals surface area contributed by atoms with Gasteiger partial charge >= 0.3 is 0 Å². The zero-order valence-electron chi connectivity index (χ0n) is 13.0. The van der Waals surface area contributed by atoms with E-state index in [-0.39, 0.29) is 0 Å². The standard InChI is InChI=1S/C22H23/c1-2-5-17(6-3-1)18-7-4-8-19(14-18)22-20-10-15-9-16(12-20)13-21(22)11-15/h1-2,4-8,14-16,20-22H,9-13H2. The van der Waals surface area contributed by atoms with E-state index in [0.29, 0.717) is 0 Å². The molecule has 4 aliphatic rings. The second kappa shape index (κ2) is 4.98. The predicted octanol–water partition coefficient (Wildman–Crippen LogP) is 5.69. The van der Waals surface area contributed by atoms with Crippen molar-refractivity contribution in [2.75, 3.05) is 0 Å². The van der Waals surface area contributed by atoms with E-state index in [0.717, 1.165) is 29.6 Å². The molecule has 0 amide bonds. The van der Waals surface area contributed by atoms with E-state index >= 15 is 0 Å². The van der Waals surface area contributed by atoms with Crippen molar-refractivity contribution in [2.45, 2.75) is 38.0 Å². The maximum absolute atomic E-state index is 3.21. The minimum Gasteiger partial charge on any atom is -0.0614 e. The number of hydrogen-bond acceptors (Lipinski definition) is 0. The quantitative estimate of drug-likeness (QED) is 0.665. The highest BCUT2D eigenvalue weighted by molar-refractivity contribution is 5.64. The van der Waals surface area contributed by atoms with Gasteiger partial charge in [0.25, 0.3) is 0 Å². The lowest BCUT2D eigenvalue weighted by Gasteiger charge is -2.54. The second-order valence-corrected chi connectivity index (χ2v) is 7.87.